The van der Waals surface area contributed by atoms with Gasteiger partial charge in [-0.05, 0) is 55.9 Å². The average Bonchev–Trinajstić information content (AvgIpc) is 3.38. The Hall–Kier alpha value is -1.77. The largest absolute Gasteiger partial charge is 0.299 e. The molecule has 0 radical (unpaired) electrons. The monoisotopic (exact) mass is 282 g/mol. The highest BCUT2D eigenvalue weighted by atomic mass is 16.1. The number of aromatic nitrogens is 2. The minimum atomic E-state index is 0.210. The molecule has 0 amide bonds. The molecule has 110 valence electrons. The topological polar surface area (TPSA) is 37.8 Å². The molecule has 1 aromatic heterocycles. The first kappa shape index (κ1) is 12.9. The second-order valence-electron chi connectivity index (χ2n) is 6.74. The van der Waals surface area contributed by atoms with Gasteiger partial charge in [-0.25, -0.2) is 4.68 Å². The van der Waals surface area contributed by atoms with Crippen LogP contribution < -0.4 is 5.56 Å². The van der Waals surface area contributed by atoms with Crippen LogP contribution in [0.4, 0.5) is 0 Å². The van der Waals surface area contributed by atoms with Crippen LogP contribution in [0.5, 0.6) is 0 Å². The Kier molecular flexibility index (Phi) is 3.21. The number of H-pyrrole nitrogens is 1. The van der Waals surface area contributed by atoms with Crippen LogP contribution in [-0.4, -0.2) is 9.78 Å². The molecule has 0 aliphatic heterocycles. The first-order chi connectivity index (χ1) is 10.3. The Morgan fingerprint density at radius 2 is 1.67 bits per heavy atom. The van der Waals surface area contributed by atoms with Crippen molar-refractivity contribution >= 4 is 0 Å². The Bertz CT molecular complexity index is 675. The van der Waals surface area contributed by atoms with Gasteiger partial charge in [0, 0.05) is 11.3 Å². The lowest BCUT2D eigenvalue weighted by atomic mass is 10.1. The van der Waals surface area contributed by atoms with Crippen LogP contribution in [0, 0.1) is 11.8 Å². The van der Waals surface area contributed by atoms with Crippen molar-refractivity contribution in [3.63, 3.8) is 0 Å². The lowest BCUT2D eigenvalue weighted by molar-refractivity contribution is 0.643. The zero-order valence-electron chi connectivity index (χ0n) is 12.3. The first-order valence-corrected chi connectivity index (χ1v) is 8.14. The molecule has 1 aromatic carbocycles. The zero-order chi connectivity index (χ0) is 14.2. The van der Waals surface area contributed by atoms with E-state index in [4.69, 9.17) is 0 Å². The van der Waals surface area contributed by atoms with Gasteiger partial charge in [-0.1, -0.05) is 30.3 Å². The molecule has 2 aromatic rings. The van der Waals surface area contributed by atoms with Crippen molar-refractivity contribution in [1.29, 1.82) is 0 Å². The number of rotatable bonds is 6. The second-order valence-corrected chi connectivity index (χ2v) is 6.74. The van der Waals surface area contributed by atoms with Crippen LogP contribution in [0.3, 0.4) is 0 Å². The summed E-state index contributed by atoms with van der Waals surface area (Å²) in [6.45, 7) is 0.655. The molecule has 1 N–H and O–H groups in total. The summed E-state index contributed by atoms with van der Waals surface area (Å²) in [6, 6.07) is 10.2. The highest BCUT2D eigenvalue weighted by Crippen LogP contribution is 2.35. The van der Waals surface area contributed by atoms with Crippen LogP contribution >= 0.6 is 0 Å². The maximum absolute atomic E-state index is 12.7. The van der Waals surface area contributed by atoms with Gasteiger partial charge in [0.2, 0.25) is 0 Å². The Morgan fingerprint density at radius 1 is 1.00 bits per heavy atom. The van der Waals surface area contributed by atoms with E-state index in [0.29, 0.717) is 6.54 Å². The van der Waals surface area contributed by atoms with E-state index >= 15 is 0 Å². The van der Waals surface area contributed by atoms with Crippen molar-refractivity contribution in [2.45, 2.75) is 45.1 Å². The number of nitrogens with zero attached hydrogens (tertiary/aromatic N) is 1. The fraction of sp³-hybridized carbons (Fsp3) is 0.500. The van der Waals surface area contributed by atoms with Gasteiger partial charge in [-0.2, -0.15) is 0 Å². The molecular formula is C18H22N2O. The quantitative estimate of drug-likeness (QED) is 0.868. The predicted molar refractivity (Wildman–Crippen MR) is 83.5 cm³/mol. The number of nitrogens with one attached hydrogen (secondary N) is 1. The van der Waals surface area contributed by atoms with Gasteiger partial charge in [0.05, 0.1) is 6.54 Å². The third kappa shape index (κ3) is 2.97. The maximum Gasteiger partial charge on any atom is 0.270 e. The predicted octanol–water partition coefficient (Wildman–Crippen LogP) is 3.13. The fourth-order valence-electron chi connectivity index (χ4n) is 3.05. The number of benzene rings is 1. The average molecular weight is 282 g/mol. The molecule has 1 heterocycles. The molecule has 0 unspecified atom stereocenters. The van der Waals surface area contributed by atoms with Crippen LogP contribution in [0.2, 0.25) is 0 Å². The molecule has 0 saturated heterocycles. The van der Waals surface area contributed by atoms with Gasteiger partial charge in [-0.15, -0.1) is 0 Å². The van der Waals surface area contributed by atoms with E-state index in [1.807, 2.05) is 22.9 Å². The summed E-state index contributed by atoms with van der Waals surface area (Å²) < 4.78 is 1.81. The van der Waals surface area contributed by atoms with Crippen molar-refractivity contribution < 1.29 is 0 Å². The fourth-order valence-corrected chi connectivity index (χ4v) is 3.05. The Balaban J connectivity index is 1.62. The minimum Gasteiger partial charge on any atom is -0.299 e. The van der Waals surface area contributed by atoms with Gasteiger partial charge < -0.3 is 0 Å². The molecule has 21 heavy (non-hydrogen) atoms. The third-order valence-corrected chi connectivity index (χ3v) is 4.70. The first-order valence-electron chi connectivity index (χ1n) is 8.14. The van der Waals surface area contributed by atoms with E-state index < -0.39 is 0 Å². The van der Waals surface area contributed by atoms with E-state index in [0.717, 1.165) is 30.2 Å². The standard InChI is InChI=1S/C18H22N2O/c21-18-16(10-13-6-7-13)17(11-14-8-9-14)19-20(18)12-15-4-2-1-3-5-15/h1-5,13-14,19H,6-12H2. The maximum atomic E-state index is 12.7. The van der Waals surface area contributed by atoms with E-state index in [9.17, 15) is 4.79 Å². The van der Waals surface area contributed by atoms with Crippen molar-refractivity contribution in [3.05, 3.63) is 57.5 Å². The molecule has 3 nitrogen and oxygen atoms in total. The molecule has 0 bridgehead atoms. The molecule has 4 rings (SSSR count). The Labute approximate surface area is 125 Å². The molecule has 0 spiro atoms. The zero-order valence-corrected chi connectivity index (χ0v) is 12.3. The molecule has 2 fully saturated rings. The normalized spacial score (nSPS) is 18.1. The highest BCUT2D eigenvalue weighted by molar-refractivity contribution is 5.22. The van der Waals surface area contributed by atoms with Gasteiger partial charge in [0.15, 0.2) is 0 Å². The Morgan fingerprint density at radius 3 is 2.33 bits per heavy atom. The smallest absolute Gasteiger partial charge is 0.270 e. The summed E-state index contributed by atoms with van der Waals surface area (Å²) in [6.07, 6.45) is 7.31. The number of hydrogen-bond donors (Lipinski definition) is 1. The molecule has 2 saturated carbocycles. The van der Waals surface area contributed by atoms with Crippen LogP contribution in [0.25, 0.3) is 0 Å². The van der Waals surface area contributed by atoms with Crippen LogP contribution in [0.15, 0.2) is 35.1 Å². The summed E-state index contributed by atoms with van der Waals surface area (Å²) >= 11 is 0. The number of hydrogen-bond acceptors (Lipinski definition) is 1. The lowest BCUT2D eigenvalue weighted by Gasteiger charge is -2.02. The van der Waals surface area contributed by atoms with Crippen molar-refractivity contribution in [2.75, 3.05) is 0 Å². The van der Waals surface area contributed by atoms with Gasteiger partial charge in [0.25, 0.3) is 5.56 Å². The number of aromatic amines is 1. The van der Waals surface area contributed by atoms with Crippen molar-refractivity contribution in [2.24, 2.45) is 11.8 Å². The third-order valence-electron chi connectivity index (χ3n) is 4.70. The summed E-state index contributed by atoms with van der Waals surface area (Å²) in [5.41, 5.74) is 3.67. The lowest BCUT2D eigenvalue weighted by Crippen LogP contribution is -2.20. The summed E-state index contributed by atoms with van der Waals surface area (Å²) in [5, 5.41) is 3.41. The van der Waals surface area contributed by atoms with Gasteiger partial charge in [-0.3, -0.25) is 9.89 Å². The van der Waals surface area contributed by atoms with E-state index in [1.54, 1.807) is 0 Å². The van der Waals surface area contributed by atoms with Crippen LogP contribution in [-0.2, 0) is 19.4 Å². The molecule has 2 aliphatic carbocycles. The molecule has 2 aliphatic rings. The van der Waals surface area contributed by atoms with Crippen molar-refractivity contribution in [3.8, 4) is 0 Å². The molecule has 0 atom stereocenters. The van der Waals surface area contributed by atoms with Crippen LogP contribution in [0.1, 0.15) is 42.5 Å². The molecular weight excluding hydrogens is 260 g/mol. The summed E-state index contributed by atoms with van der Waals surface area (Å²) in [5.74, 6) is 1.57. The van der Waals surface area contributed by atoms with E-state index in [1.165, 1.54) is 36.9 Å². The van der Waals surface area contributed by atoms with E-state index in [-0.39, 0.29) is 5.56 Å². The van der Waals surface area contributed by atoms with Gasteiger partial charge >= 0.3 is 0 Å². The second kappa shape index (κ2) is 5.21. The van der Waals surface area contributed by atoms with Gasteiger partial charge in [0.1, 0.15) is 0 Å². The SMILES string of the molecule is O=c1c(CC2CC2)c(CC2CC2)[nH]n1Cc1ccccc1. The summed E-state index contributed by atoms with van der Waals surface area (Å²) in [4.78, 5) is 12.7. The van der Waals surface area contributed by atoms with E-state index in [2.05, 4.69) is 17.2 Å². The summed E-state index contributed by atoms with van der Waals surface area (Å²) in [7, 11) is 0. The van der Waals surface area contributed by atoms with Crippen molar-refractivity contribution in [1.82, 2.24) is 9.78 Å². The molecule has 3 heteroatoms. The minimum absolute atomic E-state index is 0.210. The highest BCUT2D eigenvalue weighted by Gasteiger charge is 2.29.